The van der Waals surface area contributed by atoms with Crippen LogP contribution in [0.2, 0.25) is 0 Å². The molecule has 0 radical (unpaired) electrons. The number of epoxide rings is 1. The fourth-order valence-electron chi connectivity index (χ4n) is 3.86. The van der Waals surface area contributed by atoms with Gasteiger partial charge in [0, 0.05) is 11.5 Å². The van der Waals surface area contributed by atoms with Gasteiger partial charge in [0.2, 0.25) is 0 Å². The Labute approximate surface area is 157 Å². The molecule has 1 saturated carbocycles. The monoisotopic (exact) mass is 384 g/mol. The summed E-state index contributed by atoms with van der Waals surface area (Å²) in [4.78, 5) is 0. The van der Waals surface area contributed by atoms with E-state index in [9.17, 15) is 8.78 Å². The molecule has 2 saturated heterocycles. The lowest BCUT2D eigenvalue weighted by atomic mass is 9.79. The molecule has 3 fully saturated rings. The van der Waals surface area contributed by atoms with Crippen molar-refractivity contribution >= 4 is 0 Å². The second kappa shape index (κ2) is 8.92. The van der Waals surface area contributed by atoms with E-state index in [1.165, 1.54) is 6.07 Å². The van der Waals surface area contributed by atoms with Crippen LogP contribution in [0.5, 0.6) is 0 Å². The molecule has 2 aliphatic heterocycles. The molecule has 7 heteroatoms. The molecule has 0 N–H and O–H groups in total. The molecule has 1 unspecified atom stereocenters. The van der Waals surface area contributed by atoms with Gasteiger partial charge in [0.25, 0.3) is 0 Å². The number of halogens is 2. The third kappa shape index (κ3) is 5.23. The van der Waals surface area contributed by atoms with E-state index in [-0.39, 0.29) is 12.2 Å². The molecule has 1 aromatic rings. The van der Waals surface area contributed by atoms with Crippen LogP contribution in [0.25, 0.3) is 0 Å². The fraction of sp³-hybridized carbons (Fsp3) is 0.700. The van der Waals surface area contributed by atoms with Crippen LogP contribution in [-0.2, 0) is 23.7 Å². The molecule has 2 heterocycles. The summed E-state index contributed by atoms with van der Waals surface area (Å²) in [5.74, 6) is -0.876. The van der Waals surface area contributed by atoms with Crippen LogP contribution in [0.4, 0.5) is 8.78 Å². The van der Waals surface area contributed by atoms with E-state index < -0.39 is 17.9 Å². The quantitative estimate of drug-likeness (QED) is 0.409. The molecule has 150 valence electrons. The van der Waals surface area contributed by atoms with Gasteiger partial charge >= 0.3 is 0 Å². The van der Waals surface area contributed by atoms with Gasteiger partial charge in [-0.25, -0.2) is 8.78 Å². The highest BCUT2D eigenvalue weighted by Crippen LogP contribution is 2.36. The van der Waals surface area contributed by atoms with E-state index >= 15 is 0 Å². The Balaban J connectivity index is 1.16. The summed E-state index contributed by atoms with van der Waals surface area (Å²) < 4.78 is 54.3. The maximum atomic E-state index is 13.4. The zero-order valence-electron chi connectivity index (χ0n) is 15.3. The number of hydrogen-bond acceptors (Lipinski definition) is 5. The van der Waals surface area contributed by atoms with Crippen molar-refractivity contribution in [2.24, 2.45) is 11.8 Å². The van der Waals surface area contributed by atoms with Gasteiger partial charge in [0.1, 0.15) is 12.9 Å². The van der Waals surface area contributed by atoms with Crippen LogP contribution in [-0.4, -0.2) is 45.4 Å². The second-order valence-corrected chi connectivity index (χ2v) is 7.58. The molecule has 0 aromatic heterocycles. The van der Waals surface area contributed by atoms with Crippen molar-refractivity contribution < 1.29 is 32.5 Å². The van der Waals surface area contributed by atoms with Crippen molar-refractivity contribution in [3.8, 4) is 0 Å². The number of hydrogen-bond donors (Lipinski definition) is 0. The number of rotatable bonds is 7. The van der Waals surface area contributed by atoms with Gasteiger partial charge in [0.15, 0.2) is 17.9 Å². The van der Waals surface area contributed by atoms with E-state index in [0.29, 0.717) is 44.0 Å². The minimum Gasteiger partial charge on any atom is -0.371 e. The molecule has 3 aliphatic rings. The summed E-state index contributed by atoms with van der Waals surface area (Å²) in [5, 5.41) is 0. The van der Waals surface area contributed by atoms with Crippen molar-refractivity contribution in [3.63, 3.8) is 0 Å². The van der Waals surface area contributed by atoms with Gasteiger partial charge in [-0.2, -0.15) is 0 Å². The van der Waals surface area contributed by atoms with Crippen LogP contribution in [0.3, 0.4) is 0 Å². The first-order valence-corrected chi connectivity index (χ1v) is 9.68. The second-order valence-electron chi connectivity index (χ2n) is 7.58. The van der Waals surface area contributed by atoms with E-state index in [2.05, 4.69) is 0 Å². The molecule has 0 spiro atoms. The molecule has 1 aliphatic carbocycles. The highest BCUT2D eigenvalue weighted by atomic mass is 19.2. The van der Waals surface area contributed by atoms with E-state index in [4.69, 9.17) is 23.7 Å². The van der Waals surface area contributed by atoms with Crippen molar-refractivity contribution in [2.75, 3.05) is 33.2 Å². The highest BCUT2D eigenvalue weighted by molar-refractivity contribution is 5.19. The third-order valence-electron chi connectivity index (χ3n) is 5.62. The Kier molecular flexibility index (Phi) is 6.35. The molecule has 27 heavy (non-hydrogen) atoms. The van der Waals surface area contributed by atoms with Gasteiger partial charge in [-0.1, -0.05) is 6.07 Å². The van der Waals surface area contributed by atoms with Crippen molar-refractivity contribution in [1.82, 2.24) is 0 Å². The van der Waals surface area contributed by atoms with E-state index in [0.717, 1.165) is 44.4 Å². The topological polar surface area (TPSA) is 49.5 Å². The predicted octanol–water partition coefficient (Wildman–Crippen LogP) is 3.57. The first-order valence-electron chi connectivity index (χ1n) is 9.68. The maximum Gasteiger partial charge on any atom is 0.183 e. The van der Waals surface area contributed by atoms with Gasteiger partial charge in [0.05, 0.1) is 32.5 Å². The smallest absolute Gasteiger partial charge is 0.183 e. The Morgan fingerprint density at radius 2 is 1.63 bits per heavy atom. The molecular weight excluding hydrogens is 358 g/mol. The summed E-state index contributed by atoms with van der Waals surface area (Å²) in [6.07, 6.45) is 4.07. The zero-order chi connectivity index (χ0) is 18.6. The van der Waals surface area contributed by atoms with Crippen molar-refractivity contribution in [3.05, 3.63) is 35.4 Å². The minimum atomic E-state index is -0.881. The number of ether oxygens (including phenoxy) is 5. The lowest BCUT2D eigenvalue weighted by molar-refractivity contribution is -0.216. The Morgan fingerprint density at radius 3 is 2.30 bits per heavy atom. The van der Waals surface area contributed by atoms with Gasteiger partial charge < -0.3 is 23.7 Å². The molecular formula is C20H26F2O5. The standard InChI is InChI=1S/C20H26F2O5/c21-18-6-3-14(7-19(18)22)20-25-8-15(9-26-20)13-1-4-16(5-2-13)27-12-23-10-17-11-24-17/h3,6-7,13,15-17,20H,1-2,4-5,8-12H2. The largest absolute Gasteiger partial charge is 0.371 e. The van der Waals surface area contributed by atoms with Crippen LogP contribution in [0.15, 0.2) is 18.2 Å². The molecule has 1 aromatic carbocycles. The zero-order valence-corrected chi connectivity index (χ0v) is 15.3. The molecule has 0 bridgehead atoms. The molecule has 0 amide bonds. The summed E-state index contributed by atoms with van der Waals surface area (Å²) in [7, 11) is 0. The van der Waals surface area contributed by atoms with E-state index in [1.54, 1.807) is 0 Å². The lowest BCUT2D eigenvalue weighted by Gasteiger charge is -2.37. The normalized spacial score (nSPS) is 33.8. The SMILES string of the molecule is Fc1ccc(C2OCC(C3CCC(OCOCC4CO4)CC3)CO2)cc1F. The Morgan fingerprint density at radius 1 is 0.889 bits per heavy atom. The first kappa shape index (κ1) is 19.2. The highest BCUT2D eigenvalue weighted by Gasteiger charge is 2.33. The van der Waals surface area contributed by atoms with Gasteiger partial charge in [-0.3, -0.25) is 0 Å². The van der Waals surface area contributed by atoms with Gasteiger partial charge in [-0.05, 0) is 43.7 Å². The fourth-order valence-corrected chi connectivity index (χ4v) is 3.86. The van der Waals surface area contributed by atoms with E-state index in [1.807, 2.05) is 0 Å². The van der Waals surface area contributed by atoms with Crippen LogP contribution >= 0.6 is 0 Å². The van der Waals surface area contributed by atoms with Crippen LogP contribution < -0.4 is 0 Å². The van der Waals surface area contributed by atoms with Crippen LogP contribution in [0.1, 0.15) is 37.5 Å². The summed E-state index contributed by atoms with van der Waals surface area (Å²) in [5.41, 5.74) is 0.515. The minimum absolute atomic E-state index is 0.252. The summed E-state index contributed by atoms with van der Waals surface area (Å²) in [6, 6.07) is 3.75. The third-order valence-corrected chi connectivity index (χ3v) is 5.62. The molecule has 1 atom stereocenters. The average molecular weight is 384 g/mol. The Hall–Kier alpha value is -1.12. The summed E-state index contributed by atoms with van der Waals surface area (Å²) >= 11 is 0. The predicted molar refractivity (Wildman–Crippen MR) is 91.9 cm³/mol. The Bertz CT molecular complexity index is 608. The average Bonchev–Trinajstić information content (AvgIpc) is 3.53. The first-order chi connectivity index (χ1) is 13.2. The lowest BCUT2D eigenvalue weighted by Crippen LogP contribution is -2.35. The van der Waals surface area contributed by atoms with Gasteiger partial charge in [-0.15, -0.1) is 0 Å². The molecule has 5 nitrogen and oxygen atoms in total. The van der Waals surface area contributed by atoms with Crippen LogP contribution in [0, 0.1) is 23.5 Å². The van der Waals surface area contributed by atoms with Crippen molar-refractivity contribution in [1.29, 1.82) is 0 Å². The van der Waals surface area contributed by atoms with Crippen molar-refractivity contribution in [2.45, 2.75) is 44.2 Å². The molecule has 4 rings (SSSR count). The number of benzene rings is 1. The maximum absolute atomic E-state index is 13.4. The summed E-state index contributed by atoms with van der Waals surface area (Å²) in [6.45, 7) is 2.90.